The Morgan fingerprint density at radius 3 is 2.76 bits per heavy atom. The number of rotatable bonds is 2. The Morgan fingerprint density at radius 1 is 1.41 bits per heavy atom. The molecule has 0 saturated carbocycles. The van der Waals surface area contributed by atoms with Crippen LogP contribution in [0, 0.1) is 17.6 Å². The molecule has 5 heteroatoms. The minimum absolute atomic E-state index is 0.111. The monoisotopic (exact) mass is 240 g/mol. The average molecular weight is 240 g/mol. The molecule has 1 saturated heterocycles. The van der Waals surface area contributed by atoms with Gasteiger partial charge in [0.15, 0.2) is 11.6 Å². The lowest BCUT2D eigenvalue weighted by Crippen LogP contribution is -2.32. The van der Waals surface area contributed by atoms with Crippen LogP contribution in [0.5, 0.6) is 0 Å². The Kier molecular flexibility index (Phi) is 3.38. The highest BCUT2D eigenvalue weighted by molar-refractivity contribution is 5.93. The van der Waals surface area contributed by atoms with Crippen LogP contribution in [0.15, 0.2) is 18.2 Å². The highest BCUT2D eigenvalue weighted by atomic mass is 19.2. The molecule has 1 aliphatic rings. The molecule has 3 nitrogen and oxygen atoms in total. The zero-order chi connectivity index (χ0) is 12.4. The molecule has 2 N–H and O–H groups in total. The van der Waals surface area contributed by atoms with Crippen LogP contribution in [-0.2, 0) is 4.79 Å². The molecule has 17 heavy (non-hydrogen) atoms. The number of carbonyl (C=O) groups excluding carboxylic acids is 1. The number of hydrogen-bond donors (Lipinski definition) is 2. The minimum atomic E-state index is -0.958. The van der Waals surface area contributed by atoms with Crippen molar-refractivity contribution in [2.24, 2.45) is 5.92 Å². The summed E-state index contributed by atoms with van der Waals surface area (Å²) in [5, 5.41) is 5.76. The first kappa shape index (κ1) is 12.0. The van der Waals surface area contributed by atoms with E-state index in [4.69, 9.17) is 0 Å². The molecular formula is C12H14F2N2O. The van der Waals surface area contributed by atoms with E-state index < -0.39 is 11.6 Å². The lowest BCUT2D eigenvalue weighted by Gasteiger charge is -2.14. The van der Waals surface area contributed by atoms with Gasteiger partial charge in [-0.2, -0.15) is 0 Å². The summed E-state index contributed by atoms with van der Waals surface area (Å²) in [6, 6.07) is 3.45. The van der Waals surface area contributed by atoms with E-state index in [2.05, 4.69) is 10.6 Å². The van der Waals surface area contributed by atoms with E-state index in [0.717, 1.165) is 25.1 Å². The summed E-state index contributed by atoms with van der Waals surface area (Å²) in [5.41, 5.74) is 0.285. The number of carbonyl (C=O) groups is 1. The molecule has 1 aromatic carbocycles. The van der Waals surface area contributed by atoms with Crippen LogP contribution in [0.25, 0.3) is 0 Å². The normalized spacial score (nSPS) is 23.7. The molecule has 0 spiro atoms. The third kappa shape index (κ3) is 2.61. The van der Waals surface area contributed by atoms with Gasteiger partial charge in [0.2, 0.25) is 5.91 Å². The maximum absolute atomic E-state index is 12.9. The quantitative estimate of drug-likeness (QED) is 0.829. The molecule has 1 fully saturated rings. The third-order valence-corrected chi connectivity index (χ3v) is 3.05. The highest BCUT2D eigenvalue weighted by Crippen LogP contribution is 2.19. The molecule has 1 amide bonds. The Labute approximate surface area is 98.2 Å². The van der Waals surface area contributed by atoms with Crippen molar-refractivity contribution in [2.45, 2.75) is 19.4 Å². The Morgan fingerprint density at radius 2 is 2.18 bits per heavy atom. The maximum atomic E-state index is 12.9. The molecule has 2 unspecified atom stereocenters. The van der Waals surface area contributed by atoms with Crippen molar-refractivity contribution in [1.29, 1.82) is 0 Å². The van der Waals surface area contributed by atoms with Crippen molar-refractivity contribution >= 4 is 11.6 Å². The Hall–Kier alpha value is -1.49. The van der Waals surface area contributed by atoms with E-state index in [1.54, 1.807) is 0 Å². The van der Waals surface area contributed by atoms with Gasteiger partial charge in [0, 0.05) is 17.8 Å². The zero-order valence-electron chi connectivity index (χ0n) is 9.47. The van der Waals surface area contributed by atoms with Gasteiger partial charge in [-0.1, -0.05) is 0 Å². The van der Waals surface area contributed by atoms with Gasteiger partial charge in [-0.05, 0) is 32.0 Å². The zero-order valence-corrected chi connectivity index (χ0v) is 9.47. The van der Waals surface area contributed by atoms with Crippen LogP contribution in [-0.4, -0.2) is 18.5 Å². The molecule has 0 aromatic heterocycles. The van der Waals surface area contributed by atoms with Crippen LogP contribution < -0.4 is 10.6 Å². The van der Waals surface area contributed by atoms with Crippen molar-refractivity contribution in [3.05, 3.63) is 29.8 Å². The lowest BCUT2D eigenvalue weighted by atomic mass is 10.0. The van der Waals surface area contributed by atoms with E-state index in [0.29, 0.717) is 0 Å². The summed E-state index contributed by atoms with van der Waals surface area (Å²) in [6.07, 6.45) is 0.761. The molecule has 1 aromatic rings. The Balaban J connectivity index is 2.05. The van der Waals surface area contributed by atoms with Gasteiger partial charge in [0.05, 0.1) is 5.92 Å². The van der Waals surface area contributed by atoms with Crippen LogP contribution in [0.2, 0.25) is 0 Å². The highest BCUT2D eigenvalue weighted by Gasteiger charge is 2.29. The SMILES string of the molecule is CC1NCCC1C(=O)Nc1ccc(F)c(F)c1. The fourth-order valence-corrected chi connectivity index (χ4v) is 2.03. The number of halogens is 2. The van der Waals surface area contributed by atoms with Gasteiger partial charge in [-0.25, -0.2) is 8.78 Å². The van der Waals surface area contributed by atoms with E-state index in [9.17, 15) is 13.6 Å². The first-order chi connectivity index (χ1) is 8.08. The van der Waals surface area contributed by atoms with E-state index in [-0.39, 0.29) is 23.6 Å². The summed E-state index contributed by atoms with van der Waals surface area (Å²) in [4.78, 5) is 11.9. The molecule has 92 valence electrons. The smallest absolute Gasteiger partial charge is 0.229 e. The van der Waals surface area contributed by atoms with E-state index in [1.807, 2.05) is 6.92 Å². The second-order valence-electron chi connectivity index (χ2n) is 4.26. The predicted octanol–water partition coefficient (Wildman–Crippen LogP) is 1.90. The Bertz CT molecular complexity index is 437. The molecule has 0 radical (unpaired) electrons. The summed E-state index contributed by atoms with van der Waals surface area (Å²) in [6.45, 7) is 2.74. The van der Waals surface area contributed by atoms with Crippen LogP contribution >= 0.6 is 0 Å². The summed E-state index contributed by atoms with van der Waals surface area (Å²) >= 11 is 0. The van der Waals surface area contributed by atoms with Crippen molar-refractivity contribution in [1.82, 2.24) is 5.32 Å². The number of nitrogens with one attached hydrogen (secondary N) is 2. The van der Waals surface area contributed by atoms with Crippen molar-refractivity contribution in [3.8, 4) is 0 Å². The largest absolute Gasteiger partial charge is 0.326 e. The van der Waals surface area contributed by atoms with Gasteiger partial charge in [-0.3, -0.25) is 4.79 Å². The number of hydrogen-bond acceptors (Lipinski definition) is 2. The second kappa shape index (κ2) is 4.79. The molecule has 1 aliphatic heterocycles. The molecular weight excluding hydrogens is 226 g/mol. The fraction of sp³-hybridized carbons (Fsp3) is 0.417. The standard InChI is InChI=1S/C12H14F2N2O/c1-7-9(4-5-15-7)12(17)16-8-2-3-10(13)11(14)6-8/h2-3,6-7,9,15H,4-5H2,1H3,(H,16,17). The molecule has 0 bridgehead atoms. The van der Waals surface area contributed by atoms with E-state index in [1.165, 1.54) is 6.07 Å². The summed E-state index contributed by atoms with van der Waals surface area (Å²) in [7, 11) is 0. The van der Waals surface area contributed by atoms with Crippen LogP contribution in [0.4, 0.5) is 14.5 Å². The summed E-state index contributed by atoms with van der Waals surface area (Å²) < 4.78 is 25.6. The van der Waals surface area contributed by atoms with Gasteiger partial charge in [-0.15, -0.1) is 0 Å². The second-order valence-corrected chi connectivity index (χ2v) is 4.26. The van der Waals surface area contributed by atoms with Crippen molar-refractivity contribution in [3.63, 3.8) is 0 Å². The number of amides is 1. The molecule has 2 atom stereocenters. The van der Waals surface area contributed by atoms with Gasteiger partial charge in [0.25, 0.3) is 0 Å². The molecule has 2 rings (SSSR count). The third-order valence-electron chi connectivity index (χ3n) is 3.05. The average Bonchev–Trinajstić information content (AvgIpc) is 2.70. The number of anilines is 1. The van der Waals surface area contributed by atoms with Crippen LogP contribution in [0.1, 0.15) is 13.3 Å². The van der Waals surface area contributed by atoms with Gasteiger partial charge >= 0.3 is 0 Å². The fourth-order valence-electron chi connectivity index (χ4n) is 2.03. The number of benzene rings is 1. The van der Waals surface area contributed by atoms with Crippen LogP contribution in [0.3, 0.4) is 0 Å². The van der Waals surface area contributed by atoms with Gasteiger partial charge in [0.1, 0.15) is 0 Å². The van der Waals surface area contributed by atoms with Crippen molar-refractivity contribution < 1.29 is 13.6 Å². The van der Waals surface area contributed by atoms with Gasteiger partial charge < -0.3 is 10.6 Å². The topological polar surface area (TPSA) is 41.1 Å². The predicted molar refractivity (Wildman–Crippen MR) is 60.6 cm³/mol. The van der Waals surface area contributed by atoms with Crippen molar-refractivity contribution in [2.75, 3.05) is 11.9 Å². The summed E-state index contributed by atoms with van der Waals surface area (Å²) in [5.74, 6) is -2.16. The molecule has 0 aliphatic carbocycles. The lowest BCUT2D eigenvalue weighted by molar-refractivity contribution is -0.120. The maximum Gasteiger partial charge on any atom is 0.229 e. The first-order valence-corrected chi connectivity index (χ1v) is 5.57. The minimum Gasteiger partial charge on any atom is -0.326 e. The molecule has 1 heterocycles. The van der Waals surface area contributed by atoms with E-state index >= 15 is 0 Å². The first-order valence-electron chi connectivity index (χ1n) is 5.57.